The van der Waals surface area contributed by atoms with Crippen LogP contribution in [-0.2, 0) is 0 Å². The molecule has 1 saturated heterocycles. The first-order chi connectivity index (χ1) is 11.0. The summed E-state index contributed by atoms with van der Waals surface area (Å²) in [6.45, 7) is 0.900. The van der Waals surface area contributed by atoms with Gasteiger partial charge in [-0.2, -0.15) is 0 Å². The highest BCUT2D eigenvalue weighted by Gasteiger charge is 2.22. The Kier molecular flexibility index (Phi) is 6.41. The molecule has 0 unspecified atom stereocenters. The smallest absolute Gasteiger partial charge is 0.319 e. The zero-order chi connectivity index (χ0) is 16.8. The molecule has 1 fully saturated rings. The van der Waals surface area contributed by atoms with E-state index in [1.807, 2.05) is 0 Å². The van der Waals surface area contributed by atoms with Crippen LogP contribution in [0.25, 0.3) is 0 Å². The predicted octanol–water partition coefficient (Wildman–Crippen LogP) is 3.20. The summed E-state index contributed by atoms with van der Waals surface area (Å²) < 4.78 is 29.7. The summed E-state index contributed by atoms with van der Waals surface area (Å²) in [6.07, 6.45) is -1.02. The second-order valence-corrected chi connectivity index (χ2v) is 5.82. The van der Waals surface area contributed by atoms with Gasteiger partial charge in [0, 0.05) is 25.2 Å². The molecule has 128 valence electrons. The second kappa shape index (κ2) is 8.31. The molecule has 0 aromatic heterocycles. The maximum atomic E-state index is 12.3. The van der Waals surface area contributed by atoms with Gasteiger partial charge in [-0.05, 0) is 25.0 Å². The first kappa shape index (κ1) is 17.7. The van der Waals surface area contributed by atoms with E-state index in [-0.39, 0.29) is 18.6 Å². The van der Waals surface area contributed by atoms with Crippen molar-refractivity contribution in [3.05, 3.63) is 23.2 Å². The Bertz CT molecular complexity index is 537. The lowest BCUT2D eigenvalue weighted by molar-refractivity contribution is 0.0739. The molecule has 2 N–H and O–H groups in total. The number of rotatable bonds is 5. The van der Waals surface area contributed by atoms with E-state index >= 15 is 0 Å². The SMILES string of the molecule is COc1ccc(NC(=O)NC2CCN(CC(F)F)CC2)c(Cl)c1. The number of likely N-dealkylation sites (tertiary alicyclic amines) is 1. The van der Waals surface area contributed by atoms with E-state index in [0.717, 1.165) is 0 Å². The van der Waals surface area contributed by atoms with Crippen molar-refractivity contribution >= 4 is 23.3 Å². The number of hydrogen-bond donors (Lipinski definition) is 2. The fourth-order valence-electron chi connectivity index (χ4n) is 2.52. The molecular weight excluding hydrogens is 328 g/mol. The molecule has 1 heterocycles. The normalized spacial score (nSPS) is 16.4. The third-order valence-corrected chi connectivity index (χ3v) is 4.06. The number of nitrogens with zero attached hydrogens (tertiary/aromatic N) is 1. The Morgan fingerprint density at radius 2 is 2.13 bits per heavy atom. The summed E-state index contributed by atoms with van der Waals surface area (Å²) in [7, 11) is 1.53. The molecule has 0 radical (unpaired) electrons. The van der Waals surface area contributed by atoms with E-state index in [1.54, 1.807) is 23.1 Å². The van der Waals surface area contributed by atoms with Gasteiger partial charge < -0.3 is 15.4 Å². The number of methoxy groups -OCH3 is 1. The number of piperidine rings is 1. The van der Waals surface area contributed by atoms with Gasteiger partial charge in [-0.3, -0.25) is 4.90 Å². The maximum Gasteiger partial charge on any atom is 0.319 e. The third kappa shape index (κ3) is 5.51. The van der Waals surface area contributed by atoms with Crippen molar-refractivity contribution in [1.29, 1.82) is 0 Å². The van der Waals surface area contributed by atoms with E-state index in [1.165, 1.54) is 7.11 Å². The number of halogens is 3. The molecule has 2 rings (SSSR count). The lowest BCUT2D eigenvalue weighted by Crippen LogP contribution is -2.46. The number of carbonyl (C=O) groups is 1. The van der Waals surface area contributed by atoms with Crippen molar-refractivity contribution in [3.63, 3.8) is 0 Å². The minimum atomic E-state index is -2.32. The minimum absolute atomic E-state index is 0.0269. The van der Waals surface area contributed by atoms with Gasteiger partial charge in [0.1, 0.15) is 5.75 Å². The number of urea groups is 1. The lowest BCUT2D eigenvalue weighted by Gasteiger charge is -2.32. The Morgan fingerprint density at radius 1 is 1.43 bits per heavy atom. The zero-order valence-corrected chi connectivity index (χ0v) is 13.6. The predicted molar refractivity (Wildman–Crippen MR) is 85.6 cm³/mol. The third-order valence-electron chi connectivity index (χ3n) is 3.74. The van der Waals surface area contributed by atoms with Crippen LogP contribution in [0.1, 0.15) is 12.8 Å². The number of amides is 2. The molecule has 1 aromatic rings. The van der Waals surface area contributed by atoms with Crippen LogP contribution in [0.4, 0.5) is 19.3 Å². The van der Waals surface area contributed by atoms with Crippen LogP contribution in [0.3, 0.4) is 0 Å². The number of anilines is 1. The molecule has 2 amide bonds. The van der Waals surface area contributed by atoms with Gasteiger partial charge in [0.25, 0.3) is 6.43 Å². The fraction of sp³-hybridized carbons (Fsp3) is 0.533. The highest BCUT2D eigenvalue weighted by Crippen LogP contribution is 2.26. The average molecular weight is 348 g/mol. The zero-order valence-electron chi connectivity index (χ0n) is 12.8. The molecule has 0 saturated carbocycles. The topological polar surface area (TPSA) is 53.6 Å². The standard InChI is InChI=1S/C15H20ClF2N3O2/c1-23-11-2-3-13(12(16)8-11)20-15(22)19-10-4-6-21(7-5-10)9-14(17)18/h2-3,8,10,14H,4-7,9H2,1H3,(H2,19,20,22). The van der Waals surface area contributed by atoms with Crippen molar-refractivity contribution in [2.24, 2.45) is 0 Å². The van der Waals surface area contributed by atoms with E-state index in [0.29, 0.717) is 42.4 Å². The summed E-state index contributed by atoms with van der Waals surface area (Å²) in [5, 5.41) is 5.90. The molecule has 1 aromatic carbocycles. The van der Waals surface area contributed by atoms with Crippen LogP contribution in [0.5, 0.6) is 5.75 Å². The molecule has 0 atom stereocenters. The fourth-order valence-corrected chi connectivity index (χ4v) is 2.74. The molecule has 1 aliphatic heterocycles. The summed E-state index contributed by atoms with van der Waals surface area (Å²) in [5.74, 6) is 0.604. The van der Waals surface area contributed by atoms with Gasteiger partial charge in [-0.15, -0.1) is 0 Å². The van der Waals surface area contributed by atoms with Crippen LogP contribution in [0, 0.1) is 0 Å². The molecule has 0 aliphatic carbocycles. The molecule has 8 heteroatoms. The Hall–Kier alpha value is -1.60. The number of alkyl halides is 2. The average Bonchev–Trinajstić information content (AvgIpc) is 2.50. The summed E-state index contributed by atoms with van der Waals surface area (Å²) >= 11 is 6.06. The largest absolute Gasteiger partial charge is 0.497 e. The van der Waals surface area contributed by atoms with Crippen LogP contribution in [-0.4, -0.2) is 50.1 Å². The van der Waals surface area contributed by atoms with Gasteiger partial charge in [0.05, 0.1) is 24.4 Å². The molecular formula is C15H20ClF2N3O2. The first-order valence-corrected chi connectivity index (χ1v) is 7.77. The van der Waals surface area contributed by atoms with Gasteiger partial charge >= 0.3 is 6.03 Å². The highest BCUT2D eigenvalue weighted by atomic mass is 35.5. The van der Waals surface area contributed by atoms with Crippen molar-refractivity contribution in [1.82, 2.24) is 10.2 Å². The number of hydrogen-bond acceptors (Lipinski definition) is 3. The number of benzene rings is 1. The van der Waals surface area contributed by atoms with Crippen LogP contribution < -0.4 is 15.4 Å². The molecule has 5 nitrogen and oxygen atoms in total. The van der Waals surface area contributed by atoms with Crippen molar-refractivity contribution in [2.45, 2.75) is 25.3 Å². The van der Waals surface area contributed by atoms with E-state index < -0.39 is 6.43 Å². The minimum Gasteiger partial charge on any atom is -0.497 e. The van der Waals surface area contributed by atoms with E-state index in [9.17, 15) is 13.6 Å². The number of carbonyl (C=O) groups excluding carboxylic acids is 1. The van der Waals surface area contributed by atoms with Crippen molar-refractivity contribution in [3.8, 4) is 5.75 Å². The summed E-state index contributed by atoms with van der Waals surface area (Å²) in [5.41, 5.74) is 0.486. The summed E-state index contributed by atoms with van der Waals surface area (Å²) in [6, 6.07) is 4.58. The summed E-state index contributed by atoms with van der Waals surface area (Å²) in [4.78, 5) is 13.7. The number of nitrogens with one attached hydrogen (secondary N) is 2. The Morgan fingerprint density at radius 3 is 2.70 bits per heavy atom. The van der Waals surface area contributed by atoms with E-state index in [4.69, 9.17) is 16.3 Å². The lowest BCUT2D eigenvalue weighted by atomic mass is 10.1. The van der Waals surface area contributed by atoms with Crippen LogP contribution in [0.2, 0.25) is 5.02 Å². The molecule has 1 aliphatic rings. The van der Waals surface area contributed by atoms with Gasteiger partial charge in [-0.25, -0.2) is 13.6 Å². The van der Waals surface area contributed by atoms with Gasteiger partial charge in [0.15, 0.2) is 0 Å². The quantitative estimate of drug-likeness (QED) is 0.860. The maximum absolute atomic E-state index is 12.3. The Labute approximate surface area is 138 Å². The monoisotopic (exact) mass is 347 g/mol. The highest BCUT2D eigenvalue weighted by molar-refractivity contribution is 6.33. The molecule has 0 bridgehead atoms. The van der Waals surface area contributed by atoms with Gasteiger partial charge in [0.2, 0.25) is 0 Å². The number of ether oxygens (including phenoxy) is 1. The molecule has 23 heavy (non-hydrogen) atoms. The Balaban J connectivity index is 1.79. The van der Waals surface area contributed by atoms with Gasteiger partial charge in [-0.1, -0.05) is 11.6 Å². The van der Waals surface area contributed by atoms with Crippen LogP contribution >= 0.6 is 11.6 Å². The van der Waals surface area contributed by atoms with Crippen molar-refractivity contribution < 1.29 is 18.3 Å². The van der Waals surface area contributed by atoms with E-state index in [2.05, 4.69) is 10.6 Å². The second-order valence-electron chi connectivity index (χ2n) is 5.41. The van der Waals surface area contributed by atoms with Crippen LogP contribution in [0.15, 0.2) is 18.2 Å². The molecule has 0 spiro atoms. The first-order valence-electron chi connectivity index (χ1n) is 7.39. The van der Waals surface area contributed by atoms with Crippen molar-refractivity contribution in [2.75, 3.05) is 32.1 Å².